The number of rotatable bonds is 10. The van der Waals surface area contributed by atoms with E-state index in [1.165, 1.54) is 51.3 Å². The lowest BCUT2D eigenvalue weighted by Gasteiger charge is -2.25. The fourth-order valence-corrected chi connectivity index (χ4v) is 5.69. The van der Waals surface area contributed by atoms with Crippen molar-refractivity contribution >= 4 is 29.4 Å². The summed E-state index contributed by atoms with van der Waals surface area (Å²) >= 11 is 1.18. The Morgan fingerprint density at radius 2 is 1.63 bits per heavy atom. The number of nitrogens with zero attached hydrogens (tertiary/aromatic N) is 2. The first kappa shape index (κ1) is 31.4. The van der Waals surface area contributed by atoms with Gasteiger partial charge in [-0.2, -0.15) is 0 Å². The number of carbonyl (C=O) groups is 2. The van der Waals surface area contributed by atoms with Crippen LogP contribution in [0.5, 0.6) is 28.7 Å². The predicted molar refractivity (Wildman–Crippen MR) is 160 cm³/mol. The van der Waals surface area contributed by atoms with Gasteiger partial charge < -0.3 is 28.4 Å². The lowest BCUT2D eigenvalue weighted by atomic mass is 9.95. The van der Waals surface area contributed by atoms with Crippen LogP contribution in [0.2, 0.25) is 0 Å². The van der Waals surface area contributed by atoms with Crippen LogP contribution >= 0.6 is 11.3 Å². The molecule has 228 valence electrons. The first-order chi connectivity index (χ1) is 20.5. The minimum absolute atomic E-state index is 0.103. The summed E-state index contributed by atoms with van der Waals surface area (Å²) in [6.45, 7) is 7.06. The second-order valence-electron chi connectivity index (χ2n) is 10.0. The Morgan fingerprint density at radius 1 is 0.977 bits per heavy atom. The average Bonchev–Trinajstić information content (AvgIpc) is 3.28. The van der Waals surface area contributed by atoms with Crippen LogP contribution in [-0.2, 0) is 14.3 Å². The molecule has 0 aliphatic carbocycles. The van der Waals surface area contributed by atoms with Crippen molar-refractivity contribution in [2.45, 2.75) is 33.7 Å². The van der Waals surface area contributed by atoms with Crippen molar-refractivity contribution in [1.82, 2.24) is 4.57 Å². The van der Waals surface area contributed by atoms with Gasteiger partial charge >= 0.3 is 11.9 Å². The van der Waals surface area contributed by atoms with E-state index in [9.17, 15) is 14.4 Å². The zero-order valence-electron chi connectivity index (χ0n) is 25.3. The number of aromatic nitrogens is 1. The van der Waals surface area contributed by atoms with Crippen LogP contribution in [0.3, 0.4) is 0 Å². The molecule has 2 heterocycles. The highest BCUT2D eigenvalue weighted by atomic mass is 32.1. The zero-order chi connectivity index (χ0) is 31.4. The van der Waals surface area contributed by atoms with Crippen LogP contribution in [0.25, 0.3) is 6.08 Å². The third-order valence-electron chi connectivity index (χ3n) is 6.53. The Labute approximate surface area is 252 Å². The lowest BCUT2D eigenvalue weighted by molar-refractivity contribution is -0.140. The molecule has 0 radical (unpaired) electrons. The molecule has 0 bridgehead atoms. The maximum absolute atomic E-state index is 14.1. The van der Waals surface area contributed by atoms with Gasteiger partial charge in [-0.1, -0.05) is 31.3 Å². The van der Waals surface area contributed by atoms with E-state index in [1.807, 2.05) is 13.8 Å². The third-order valence-corrected chi connectivity index (χ3v) is 7.51. The number of carbonyl (C=O) groups excluding carboxylic acids is 2. The van der Waals surface area contributed by atoms with Crippen LogP contribution in [0.1, 0.15) is 44.9 Å². The second kappa shape index (κ2) is 13.2. The van der Waals surface area contributed by atoms with E-state index in [0.29, 0.717) is 43.4 Å². The molecule has 1 aromatic heterocycles. The third kappa shape index (κ3) is 6.43. The highest BCUT2D eigenvalue weighted by molar-refractivity contribution is 7.07. The summed E-state index contributed by atoms with van der Waals surface area (Å²) in [6, 6.07) is 7.45. The molecule has 0 spiro atoms. The summed E-state index contributed by atoms with van der Waals surface area (Å²) in [7, 11) is 5.98. The topological polar surface area (TPSA) is 124 Å². The van der Waals surface area contributed by atoms with Crippen molar-refractivity contribution in [3.05, 3.63) is 72.4 Å². The predicted octanol–water partition coefficient (Wildman–Crippen LogP) is 3.39. The van der Waals surface area contributed by atoms with Crippen LogP contribution < -0.4 is 38.6 Å². The van der Waals surface area contributed by atoms with E-state index in [4.69, 9.17) is 28.4 Å². The smallest absolute Gasteiger partial charge is 0.338 e. The largest absolute Gasteiger partial charge is 0.493 e. The van der Waals surface area contributed by atoms with Gasteiger partial charge in [0, 0.05) is 6.92 Å². The van der Waals surface area contributed by atoms with E-state index in [0.717, 1.165) is 0 Å². The number of allylic oxidation sites excluding steroid dienone is 1. The standard InChI is InChI=1S/C31H34N2O9S/c1-16(2)15-41-30(36)26-17(3)32-31-33(27(26)20-9-10-21(42-18(4)34)22(14-20)37-5)29(35)25(43-31)13-19-11-23(38-6)28(40-8)24(12-19)39-7/h9-14,16,27H,15H2,1-8H3/b25-13+. The van der Waals surface area contributed by atoms with Crippen LogP contribution in [-0.4, -0.2) is 51.6 Å². The number of thiazole rings is 1. The van der Waals surface area contributed by atoms with Gasteiger partial charge in [0.25, 0.3) is 5.56 Å². The molecule has 4 rings (SSSR count). The first-order valence-electron chi connectivity index (χ1n) is 13.4. The minimum atomic E-state index is -0.890. The van der Waals surface area contributed by atoms with Gasteiger partial charge in [0.05, 0.1) is 56.9 Å². The van der Waals surface area contributed by atoms with Crippen LogP contribution in [0.15, 0.2) is 51.4 Å². The highest BCUT2D eigenvalue weighted by Crippen LogP contribution is 2.39. The Kier molecular flexibility index (Phi) is 9.59. The monoisotopic (exact) mass is 610 g/mol. The molecule has 0 fully saturated rings. The molecule has 12 heteroatoms. The van der Waals surface area contributed by atoms with Gasteiger partial charge in [-0.15, -0.1) is 0 Å². The van der Waals surface area contributed by atoms with Gasteiger partial charge in [-0.3, -0.25) is 14.2 Å². The molecule has 1 unspecified atom stereocenters. The Hall–Kier alpha value is -4.58. The summed E-state index contributed by atoms with van der Waals surface area (Å²) in [4.78, 5) is 44.2. The molecule has 0 amide bonds. The average molecular weight is 611 g/mol. The Balaban J connectivity index is 1.94. The van der Waals surface area contributed by atoms with E-state index < -0.39 is 18.0 Å². The summed E-state index contributed by atoms with van der Waals surface area (Å²) in [5.74, 6) is 0.770. The SMILES string of the molecule is COc1cc(C2C(C(=O)OCC(C)C)=C(C)N=c3s/c(=C/c4cc(OC)c(OC)c(OC)c4)c(=O)n32)ccc1OC(C)=O. The van der Waals surface area contributed by atoms with Crippen molar-refractivity contribution in [3.63, 3.8) is 0 Å². The van der Waals surface area contributed by atoms with Crippen molar-refractivity contribution in [2.24, 2.45) is 10.9 Å². The Morgan fingerprint density at radius 3 is 2.19 bits per heavy atom. The molecule has 11 nitrogen and oxygen atoms in total. The number of hydrogen-bond acceptors (Lipinski definition) is 11. The van der Waals surface area contributed by atoms with Crippen molar-refractivity contribution in [3.8, 4) is 28.7 Å². The molecule has 0 saturated carbocycles. The second-order valence-corrected chi connectivity index (χ2v) is 11.0. The number of ether oxygens (including phenoxy) is 6. The van der Waals surface area contributed by atoms with Gasteiger partial charge in [0.1, 0.15) is 0 Å². The quantitative estimate of drug-likeness (QED) is 0.251. The normalized spacial score (nSPS) is 14.6. The van der Waals surface area contributed by atoms with Gasteiger partial charge in [-0.25, -0.2) is 9.79 Å². The molecule has 43 heavy (non-hydrogen) atoms. The van der Waals surface area contributed by atoms with Crippen LogP contribution in [0, 0.1) is 5.92 Å². The molecule has 1 aliphatic heterocycles. The summed E-state index contributed by atoms with van der Waals surface area (Å²) in [5.41, 5.74) is 1.44. The molecular formula is C31H34N2O9S. The van der Waals surface area contributed by atoms with E-state index >= 15 is 0 Å². The molecular weight excluding hydrogens is 576 g/mol. The van der Waals surface area contributed by atoms with Gasteiger partial charge in [0.15, 0.2) is 27.8 Å². The van der Waals surface area contributed by atoms with Gasteiger partial charge in [0.2, 0.25) is 5.75 Å². The first-order valence-corrected chi connectivity index (χ1v) is 14.2. The van der Waals surface area contributed by atoms with E-state index in [1.54, 1.807) is 43.3 Å². The highest BCUT2D eigenvalue weighted by Gasteiger charge is 2.34. The fourth-order valence-electron chi connectivity index (χ4n) is 4.65. The van der Waals surface area contributed by atoms with Crippen molar-refractivity contribution in [1.29, 1.82) is 0 Å². The number of benzene rings is 2. The van der Waals surface area contributed by atoms with Crippen molar-refractivity contribution < 1.29 is 38.0 Å². The minimum Gasteiger partial charge on any atom is -0.493 e. The molecule has 1 aliphatic rings. The van der Waals surface area contributed by atoms with Crippen LogP contribution in [0.4, 0.5) is 0 Å². The molecule has 2 aromatic carbocycles. The molecule has 0 saturated heterocycles. The number of methoxy groups -OCH3 is 4. The lowest BCUT2D eigenvalue weighted by Crippen LogP contribution is -2.40. The van der Waals surface area contributed by atoms with Crippen molar-refractivity contribution in [2.75, 3.05) is 35.0 Å². The number of esters is 2. The molecule has 1 atom stereocenters. The van der Waals surface area contributed by atoms with E-state index in [2.05, 4.69) is 4.99 Å². The maximum atomic E-state index is 14.1. The summed E-state index contributed by atoms with van der Waals surface area (Å²) < 4.78 is 34.6. The molecule has 0 N–H and O–H groups in total. The molecule has 3 aromatic rings. The summed E-state index contributed by atoms with van der Waals surface area (Å²) in [6.07, 6.45) is 1.70. The summed E-state index contributed by atoms with van der Waals surface area (Å²) in [5, 5.41) is 0. The number of hydrogen-bond donors (Lipinski definition) is 0. The zero-order valence-corrected chi connectivity index (χ0v) is 26.1. The maximum Gasteiger partial charge on any atom is 0.338 e. The number of fused-ring (bicyclic) bond motifs is 1. The van der Waals surface area contributed by atoms with Gasteiger partial charge in [-0.05, 0) is 54.3 Å². The van der Waals surface area contributed by atoms with E-state index in [-0.39, 0.29) is 35.2 Å². The fraction of sp³-hybridized carbons (Fsp3) is 0.355. The Bertz CT molecular complexity index is 1740.